The quantitative estimate of drug-likeness (QED) is 0.865. The molecular weight excluding hydrogens is 246 g/mol. The minimum absolute atomic E-state index is 0.230. The zero-order chi connectivity index (χ0) is 14.5. The van der Waals surface area contributed by atoms with Gasteiger partial charge in [0.05, 0.1) is 0 Å². The van der Waals surface area contributed by atoms with Crippen molar-refractivity contribution in [2.75, 3.05) is 38.1 Å². The van der Waals surface area contributed by atoms with E-state index in [9.17, 15) is 0 Å². The number of rotatable bonds is 6. The van der Waals surface area contributed by atoms with Crippen molar-refractivity contribution in [2.24, 2.45) is 5.73 Å². The normalized spacial score (nSPS) is 17.4. The summed E-state index contributed by atoms with van der Waals surface area (Å²) in [6.45, 7) is 9.10. The SMILES string of the molecule is Cc1cc(CC(C)N)ccc1N(C)CCN1CCCC1. The molecule has 0 aromatic heterocycles. The van der Waals surface area contributed by atoms with Crippen molar-refractivity contribution in [3.8, 4) is 0 Å². The van der Waals surface area contributed by atoms with Gasteiger partial charge >= 0.3 is 0 Å². The number of likely N-dealkylation sites (tertiary alicyclic amines) is 1. The van der Waals surface area contributed by atoms with Gasteiger partial charge in [0, 0.05) is 31.9 Å². The number of nitrogens with two attached hydrogens (primary N) is 1. The van der Waals surface area contributed by atoms with Crippen molar-refractivity contribution >= 4 is 5.69 Å². The van der Waals surface area contributed by atoms with Crippen molar-refractivity contribution in [2.45, 2.75) is 39.2 Å². The highest BCUT2D eigenvalue weighted by atomic mass is 15.2. The van der Waals surface area contributed by atoms with E-state index in [1.54, 1.807) is 0 Å². The first-order valence-electron chi connectivity index (χ1n) is 7.85. The molecule has 20 heavy (non-hydrogen) atoms. The molecular formula is C17H29N3. The maximum Gasteiger partial charge on any atom is 0.0393 e. The molecule has 3 heteroatoms. The van der Waals surface area contributed by atoms with Crippen molar-refractivity contribution in [1.29, 1.82) is 0 Å². The molecule has 0 saturated carbocycles. The van der Waals surface area contributed by atoms with Crippen LogP contribution in [0.4, 0.5) is 5.69 Å². The van der Waals surface area contributed by atoms with Gasteiger partial charge < -0.3 is 15.5 Å². The second-order valence-corrected chi connectivity index (χ2v) is 6.27. The summed E-state index contributed by atoms with van der Waals surface area (Å²) in [6.07, 6.45) is 3.70. The molecule has 0 amide bonds. The second-order valence-electron chi connectivity index (χ2n) is 6.27. The van der Waals surface area contributed by atoms with E-state index in [0.29, 0.717) is 0 Å². The fourth-order valence-corrected chi connectivity index (χ4v) is 3.06. The van der Waals surface area contributed by atoms with Crippen molar-refractivity contribution < 1.29 is 0 Å². The van der Waals surface area contributed by atoms with Gasteiger partial charge in [-0.25, -0.2) is 0 Å². The lowest BCUT2D eigenvalue weighted by Crippen LogP contribution is -2.31. The van der Waals surface area contributed by atoms with Gasteiger partial charge in [0.15, 0.2) is 0 Å². The smallest absolute Gasteiger partial charge is 0.0393 e. The van der Waals surface area contributed by atoms with E-state index in [1.165, 1.54) is 49.3 Å². The topological polar surface area (TPSA) is 32.5 Å². The average molecular weight is 275 g/mol. The van der Waals surface area contributed by atoms with E-state index in [1.807, 2.05) is 0 Å². The Balaban J connectivity index is 1.93. The highest BCUT2D eigenvalue weighted by Gasteiger charge is 2.13. The Bertz CT molecular complexity index is 422. The molecule has 1 aromatic rings. The summed E-state index contributed by atoms with van der Waals surface area (Å²) in [5.74, 6) is 0. The lowest BCUT2D eigenvalue weighted by atomic mass is 10.0. The summed E-state index contributed by atoms with van der Waals surface area (Å²) in [6, 6.07) is 6.98. The second kappa shape index (κ2) is 7.09. The lowest BCUT2D eigenvalue weighted by Gasteiger charge is -2.25. The highest BCUT2D eigenvalue weighted by molar-refractivity contribution is 5.54. The fourth-order valence-electron chi connectivity index (χ4n) is 3.06. The van der Waals surface area contributed by atoms with Crippen LogP contribution in [0.25, 0.3) is 0 Å². The monoisotopic (exact) mass is 275 g/mol. The largest absolute Gasteiger partial charge is 0.373 e. The molecule has 2 N–H and O–H groups in total. The molecule has 1 heterocycles. The summed E-state index contributed by atoms with van der Waals surface area (Å²) in [7, 11) is 2.20. The first-order chi connectivity index (χ1) is 9.56. The molecule has 1 unspecified atom stereocenters. The first-order valence-corrected chi connectivity index (χ1v) is 7.85. The van der Waals surface area contributed by atoms with Crippen molar-refractivity contribution in [1.82, 2.24) is 4.90 Å². The van der Waals surface area contributed by atoms with Crippen molar-refractivity contribution in [3.05, 3.63) is 29.3 Å². The van der Waals surface area contributed by atoms with Gasteiger partial charge in [0.25, 0.3) is 0 Å². The van der Waals surface area contributed by atoms with E-state index in [-0.39, 0.29) is 6.04 Å². The number of aryl methyl sites for hydroxylation is 1. The van der Waals surface area contributed by atoms with Gasteiger partial charge in [0.1, 0.15) is 0 Å². The zero-order valence-corrected chi connectivity index (χ0v) is 13.2. The van der Waals surface area contributed by atoms with Gasteiger partial charge in [-0.15, -0.1) is 0 Å². The highest BCUT2D eigenvalue weighted by Crippen LogP contribution is 2.21. The fraction of sp³-hybridized carbons (Fsp3) is 0.647. The van der Waals surface area contributed by atoms with Gasteiger partial charge in [-0.05, 0) is 63.4 Å². The van der Waals surface area contributed by atoms with Crippen LogP contribution in [0.15, 0.2) is 18.2 Å². The standard InChI is InChI=1S/C17H29N3/c1-14-12-16(13-15(2)18)6-7-17(14)19(3)10-11-20-8-4-5-9-20/h6-7,12,15H,4-5,8-11,13,18H2,1-3H3. The van der Waals surface area contributed by atoms with Gasteiger partial charge in [-0.3, -0.25) is 0 Å². The molecule has 1 fully saturated rings. The molecule has 0 spiro atoms. The summed E-state index contributed by atoms with van der Waals surface area (Å²) in [5, 5.41) is 0. The Morgan fingerprint density at radius 1 is 1.30 bits per heavy atom. The lowest BCUT2D eigenvalue weighted by molar-refractivity contribution is 0.346. The molecule has 0 radical (unpaired) electrons. The Morgan fingerprint density at radius 2 is 2.00 bits per heavy atom. The molecule has 3 nitrogen and oxygen atoms in total. The predicted octanol–water partition coefficient (Wildman–Crippen LogP) is 2.42. The third-order valence-corrected chi connectivity index (χ3v) is 4.18. The molecule has 1 saturated heterocycles. The minimum atomic E-state index is 0.230. The van der Waals surface area contributed by atoms with E-state index in [4.69, 9.17) is 5.73 Å². The van der Waals surface area contributed by atoms with Gasteiger partial charge in [0.2, 0.25) is 0 Å². The molecule has 1 aliphatic heterocycles. The Morgan fingerprint density at radius 3 is 2.60 bits per heavy atom. The van der Waals surface area contributed by atoms with E-state index >= 15 is 0 Å². The maximum absolute atomic E-state index is 5.87. The summed E-state index contributed by atoms with van der Waals surface area (Å²) in [4.78, 5) is 4.94. The summed E-state index contributed by atoms with van der Waals surface area (Å²) >= 11 is 0. The van der Waals surface area contributed by atoms with Crippen LogP contribution in [-0.2, 0) is 6.42 Å². The Hall–Kier alpha value is -1.06. The van der Waals surface area contributed by atoms with Crippen LogP contribution in [0, 0.1) is 6.92 Å². The first kappa shape index (κ1) is 15.3. The molecule has 0 aliphatic carbocycles. The number of nitrogens with zero attached hydrogens (tertiary/aromatic N) is 2. The summed E-state index contributed by atoms with van der Waals surface area (Å²) < 4.78 is 0. The molecule has 112 valence electrons. The molecule has 1 aromatic carbocycles. The van der Waals surface area contributed by atoms with Crippen LogP contribution in [0.3, 0.4) is 0 Å². The van der Waals surface area contributed by atoms with Crippen LogP contribution in [-0.4, -0.2) is 44.2 Å². The Kier molecular flexibility index (Phi) is 5.44. The van der Waals surface area contributed by atoms with Gasteiger partial charge in [-0.1, -0.05) is 12.1 Å². The average Bonchev–Trinajstić information content (AvgIpc) is 2.88. The number of benzene rings is 1. The van der Waals surface area contributed by atoms with Crippen LogP contribution in [0.1, 0.15) is 30.9 Å². The van der Waals surface area contributed by atoms with Crippen LogP contribution >= 0.6 is 0 Å². The number of likely N-dealkylation sites (N-methyl/N-ethyl adjacent to an activating group) is 1. The molecule has 1 atom stereocenters. The van der Waals surface area contributed by atoms with Crippen molar-refractivity contribution in [3.63, 3.8) is 0 Å². The van der Waals surface area contributed by atoms with Crippen LogP contribution in [0.5, 0.6) is 0 Å². The minimum Gasteiger partial charge on any atom is -0.373 e. The molecule has 1 aliphatic rings. The van der Waals surface area contributed by atoms with Gasteiger partial charge in [-0.2, -0.15) is 0 Å². The zero-order valence-electron chi connectivity index (χ0n) is 13.2. The molecule has 0 bridgehead atoms. The molecule has 2 rings (SSSR count). The number of hydrogen-bond acceptors (Lipinski definition) is 3. The predicted molar refractivity (Wildman–Crippen MR) is 87.5 cm³/mol. The van der Waals surface area contributed by atoms with E-state index in [0.717, 1.165) is 13.0 Å². The number of hydrogen-bond donors (Lipinski definition) is 1. The van der Waals surface area contributed by atoms with E-state index in [2.05, 4.69) is 48.9 Å². The van der Waals surface area contributed by atoms with Crippen LogP contribution in [0.2, 0.25) is 0 Å². The third-order valence-electron chi connectivity index (χ3n) is 4.18. The summed E-state index contributed by atoms with van der Waals surface area (Å²) in [5.41, 5.74) is 9.91. The number of anilines is 1. The van der Waals surface area contributed by atoms with Crippen LogP contribution < -0.4 is 10.6 Å². The third kappa shape index (κ3) is 4.22. The van der Waals surface area contributed by atoms with E-state index < -0.39 is 0 Å². The maximum atomic E-state index is 5.87. The Labute approximate surface area is 123 Å².